The summed E-state index contributed by atoms with van der Waals surface area (Å²) in [5, 5.41) is 0. The predicted molar refractivity (Wildman–Crippen MR) is 108 cm³/mol. The van der Waals surface area contributed by atoms with E-state index >= 15 is 0 Å². The largest absolute Gasteiger partial charge is 0.465 e. The maximum Gasteiger partial charge on any atom is 0.302 e. The molecule has 0 spiro atoms. The number of nitrogens with zero attached hydrogens (tertiary/aromatic N) is 3. The molecule has 1 aromatic heterocycles. The van der Waals surface area contributed by atoms with Gasteiger partial charge in [-0.15, -0.1) is 0 Å². The molecule has 6 heteroatoms. The van der Waals surface area contributed by atoms with E-state index in [1.165, 1.54) is 12.5 Å². The van der Waals surface area contributed by atoms with Gasteiger partial charge in [0.05, 0.1) is 0 Å². The van der Waals surface area contributed by atoms with Crippen molar-refractivity contribution in [1.29, 1.82) is 0 Å². The van der Waals surface area contributed by atoms with Crippen molar-refractivity contribution in [3.63, 3.8) is 0 Å². The molecule has 1 fully saturated rings. The van der Waals surface area contributed by atoms with Crippen molar-refractivity contribution < 1.29 is 14.3 Å². The molecule has 27 heavy (non-hydrogen) atoms. The average Bonchev–Trinajstić information content (AvgIpc) is 2.61. The molecular weight excluding hydrogens is 342 g/mol. The quantitative estimate of drug-likeness (QED) is 0.539. The molecule has 6 nitrogen and oxygen atoms in total. The topological polar surface area (TPSA) is 62.7 Å². The van der Waals surface area contributed by atoms with Crippen molar-refractivity contribution in [2.45, 2.75) is 52.9 Å². The van der Waals surface area contributed by atoms with Crippen LogP contribution < -0.4 is 4.90 Å². The fourth-order valence-corrected chi connectivity index (χ4v) is 3.70. The zero-order chi connectivity index (χ0) is 20.0. The summed E-state index contributed by atoms with van der Waals surface area (Å²) >= 11 is 0. The molecule has 0 aromatic carbocycles. The summed E-state index contributed by atoms with van der Waals surface area (Å²) in [6.45, 7) is 14.9. The normalized spacial score (nSPS) is 15.7. The molecule has 2 rings (SSSR count). The molecule has 0 N–H and O–H groups in total. The van der Waals surface area contributed by atoms with Gasteiger partial charge in [-0.3, -0.25) is 14.5 Å². The number of aldehydes is 1. The number of piperazine rings is 1. The second-order valence-electron chi connectivity index (χ2n) is 8.18. The number of carbonyl (C=O) groups excluding carboxylic acids is 2. The highest BCUT2D eigenvalue weighted by Crippen LogP contribution is 2.36. The number of rotatable bonds is 7. The van der Waals surface area contributed by atoms with Crippen LogP contribution in [0.3, 0.4) is 0 Å². The Morgan fingerprint density at radius 1 is 1.26 bits per heavy atom. The van der Waals surface area contributed by atoms with Crippen molar-refractivity contribution in [3.8, 4) is 0 Å². The lowest BCUT2D eigenvalue weighted by Crippen LogP contribution is -2.48. The van der Waals surface area contributed by atoms with Crippen LogP contribution in [0, 0.1) is 0 Å². The Labute approximate surface area is 162 Å². The molecule has 0 amide bonds. The molecule has 1 aliphatic heterocycles. The third-order valence-corrected chi connectivity index (χ3v) is 4.96. The van der Waals surface area contributed by atoms with Crippen LogP contribution in [0.1, 0.15) is 62.5 Å². The van der Waals surface area contributed by atoms with Crippen LogP contribution in [0.2, 0.25) is 0 Å². The van der Waals surface area contributed by atoms with Gasteiger partial charge in [-0.05, 0) is 17.4 Å². The Balaban J connectivity index is 2.20. The Bertz CT molecular complexity index is 659. The lowest BCUT2D eigenvalue weighted by molar-refractivity contribution is -0.141. The van der Waals surface area contributed by atoms with Crippen LogP contribution in [0.25, 0.3) is 0 Å². The molecule has 150 valence electrons. The highest BCUT2D eigenvalue weighted by atomic mass is 16.5. The lowest BCUT2D eigenvalue weighted by Gasteiger charge is -2.38. The average molecular weight is 376 g/mol. The third-order valence-electron chi connectivity index (χ3n) is 4.96. The second kappa shape index (κ2) is 9.31. The van der Waals surface area contributed by atoms with E-state index in [0.29, 0.717) is 12.2 Å². The molecule has 0 atom stereocenters. The van der Waals surface area contributed by atoms with Crippen molar-refractivity contribution in [3.05, 3.63) is 22.9 Å². The summed E-state index contributed by atoms with van der Waals surface area (Å²) < 4.78 is 5.05. The monoisotopic (exact) mass is 375 g/mol. The van der Waals surface area contributed by atoms with Crippen molar-refractivity contribution >= 4 is 18.1 Å². The van der Waals surface area contributed by atoms with E-state index in [2.05, 4.69) is 37.5 Å². The van der Waals surface area contributed by atoms with Crippen LogP contribution in [-0.4, -0.2) is 61.5 Å². The summed E-state index contributed by atoms with van der Waals surface area (Å²) in [6.07, 6.45) is 4.55. The van der Waals surface area contributed by atoms with E-state index in [1.807, 2.05) is 0 Å². The predicted octanol–water partition coefficient (Wildman–Crippen LogP) is 2.83. The molecule has 0 bridgehead atoms. The molecule has 0 unspecified atom stereocenters. The van der Waals surface area contributed by atoms with E-state index in [1.54, 1.807) is 6.20 Å². The molecule has 0 aliphatic carbocycles. The Morgan fingerprint density at radius 3 is 2.44 bits per heavy atom. The number of anilines is 1. The van der Waals surface area contributed by atoms with Crippen LogP contribution in [0.4, 0.5) is 5.82 Å². The van der Waals surface area contributed by atoms with Crippen LogP contribution >= 0.6 is 0 Å². The minimum Gasteiger partial charge on any atom is -0.465 e. The third kappa shape index (κ3) is 5.51. The standard InChI is InChI=1S/C21H33N3O3/c1-6-7-18-17(15-25)14-22-20(19(18)21(3,4)5)24-10-8-23(9-11-24)12-13-27-16(2)26/h14-15H,6-13H2,1-5H3. The van der Waals surface area contributed by atoms with E-state index in [0.717, 1.165) is 63.2 Å². The molecule has 2 heterocycles. The van der Waals surface area contributed by atoms with Crippen LogP contribution in [0.15, 0.2) is 6.20 Å². The molecule has 1 aliphatic rings. The van der Waals surface area contributed by atoms with Crippen LogP contribution in [0.5, 0.6) is 0 Å². The number of hydrogen-bond donors (Lipinski definition) is 0. The summed E-state index contributed by atoms with van der Waals surface area (Å²) in [5.74, 6) is 0.780. The Kier molecular flexibility index (Phi) is 7.36. The minimum absolute atomic E-state index is 0.0850. The number of aromatic nitrogens is 1. The summed E-state index contributed by atoms with van der Waals surface area (Å²) in [5.41, 5.74) is 2.97. The van der Waals surface area contributed by atoms with Gasteiger partial charge in [-0.1, -0.05) is 34.1 Å². The van der Waals surface area contributed by atoms with Crippen molar-refractivity contribution in [2.75, 3.05) is 44.2 Å². The van der Waals surface area contributed by atoms with Gasteiger partial charge in [0.25, 0.3) is 0 Å². The fourth-order valence-electron chi connectivity index (χ4n) is 3.70. The highest BCUT2D eigenvalue weighted by molar-refractivity contribution is 5.79. The van der Waals surface area contributed by atoms with E-state index in [4.69, 9.17) is 9.72 Å². The zero-order valence-corrected chi connectivity index (χ0v) is 17.4. The van der Waals surface area contributed by atoms with Gasteiger partial charge < -0.3 is 9.64 Å². The summed E-state index contributed by atoms with van der Waals surface area (Å²) in [4.78, 5) is 31.8. The SMILES string of the molecule is CCCc1c(C=O)cnc(N2CCN(CCOC(C)=O)CC2)c1C(C)(C)C. The molecule has 0 saturated carbocycles. The minimum atomic E-state index is -0.230. The zero-order valence-electron chi connectivity index (χ0n) is 17.4. The number of pyridine rings is 1. The van der Waals surface area contributed by atoms with E-state index < -0.39 is 0 Å². The van der Waals surface area contributed by atoms with Crippen molar-refractivity contribution in [1.82, 2.24) is 9.88 Å². The molecule has 1 aromatic rings. The van der Waals surface area contributed by atoms with Gasteiger partial charge in [0.15, 0.2) is 6.29 Å². The van der Waals surface area contributed by atoms with Gasteiger partial charge in [0, 0.05) is 57.0 Å². The van der Waals surface area contributed by atoms with Crippen LogP contribution in [-0.2, 0) is 21.4 Å². The van der Waals surface area contributed by atoms with Crippen molar-refractivity contribution in [2.24, 2.45) is 0 Å². The summed E-state index contributed by atoms with van der Waals surface area (Å²) in [7, 11) is 0. The molecule has 1 saturated heterocycles. The first-order valence-electron chi connectivity index (χ1n) is 9.86. The molecular formula is C21H33N3O3. The number of ether oxygens (including phenoxy) is 1. The number of esters is 1. The number of hydrogen-bond acceptors (Lipinski definition) is 6. The first kappa shape index (κ1) is 21.4. The van der Waals surface area contributed by atoms with Gasteiger partial charge in [-0.2, -0.15) is 0 Å². The number of carbonyl (C=O) groups is 2. The second-order valence-corrected chi connectivity index (χ2v) is 8.18. The maximum absolute atomic E-state index is 11.6. The molecule has 0 radical (unpaired) electrons. The highest BCUT2D eigenvalue weighted by Gasteiger charge is 2.29. The maximum atomic E-state index is 11.6. The van der Waals surface area contributed by atoms with E-state index in [-0.39, 0.29) is 11.4 Å². The summed E-state index contributed by atoms with van der Waals surface area (Å²) in [6, 6.07) is 0. The van der Waals surface area contributed by atoms with Gasteiger partial charge in [0.1, 0.15) is 12.4 Å². The smallest absolute Gasteiger partial charge is 0.302 e. The first-order valence-corrected chi connectivity index (χ1v) is 9.86. The Morgan fingerprint density at radius 2 is 1.93 bits per heavy atom. The first-order chi connectivity index (χ1) is 12.8. The Hall–Kier alpha value is -1.95. The van der Waals surface area contributed by atoms with Gasteiger partial charge >= 0.3 is 5.97 Å². The van der Waals surface area contributed by atoms with Gasteiger partial charge in [-0.25, -0.2) is 4.98 Å². The fraction of sp³-hybridized carbons (Fsp3) is 0.667. The van der Waals surface area contributed by atoms with E-state index in [9.17, 15) is 9.59 Å². The van der Waals surface area contributed by atoms with Gasteiger partial charge in [0.2, 0.25) is 0 Å². The lowest BCUT2D eigenvalue weighted by atomic mass is 9.81.